The number of carbonyl (C=O) groups excluding carboxylic acids is 1. The van der Waals surface area contributed by atoms with Crippen LogP contribution in [-0.2, 0) is 9.59 Å². The monoisotopic (exact) mass is 297 g/mol. The van der Waals surface area contributed by atoms with Crippen LogP contribution in [0.2, 0.25) is 0 Å². The summed E-state index contributed by atoms with van der Waals surface area (Å²) in [5.41, 5.74) is 0. The van der Waals surface area contributed by atoms with Gasteiger partial charge in [0.2, 0.25) is 5.91 Å². The van der Waals surface area contributed by atoms with Crippen molar-refractivity contribution in [1.29, 1.82) is 0 Å². The van der Waals surface area contributed by atoms with Gasteiger partial charge in [0.25, 0.3) is 0 Å². The summed E-state index contributed by atoms with van der Waals surface area (Å²) in [6.07, 6.45) is 6.26. The van der Waals surface area contributed by atoms with Crippen LogP contribution in [0.5, 0.6) is 0 Å². The summed E-state index contributed by atoms with van der Waals surface area (Å²) in [6.45, 7) is 2.04. The molecule has 1 amide bonds. The molecule has 2 rings (SSSR count). The average molecular weight is 297 g/mol. The predicted octanol–water partition coefficient (Wildman–Crippen LogP) is 1.93. The van der Waals surface area contributed by atoms with Crippen molar-refractivity contribution in [3.63, 3.8) is 0 Å². The zero-order chi connectivity index (χ0) is 15.4. The second-order valence-corrected chi connectivity index (χ2v) is 6.62. The lowest BCUT2D eigenvalue weighted by molar-refractivity contribution is -0.146. The Balaban J connectivity index is 1.99. The summed E-state index contributed by atoms with van der Waals surface area (Å²) in [5, 5.41) is 22.3. The second kappa shape index (κ2) is 7.25. The highest BCUT2D eigenvalue weighted by atomic mass is 16.4. The first-order valence-corrected chi connectivity index (χ1v) is 8.24. The van der Waals surface area contributed by atoms with Crippen LogP contribution >= 0.6 is 0 Å². The van der Waals surface area contributed by atoms with Crippen molar-refractivity contribution < 1.29 is 19.8 Å². The van der Waals surface area contributed by atoms with E-state index in [2.05, 4.69) is 5.32 Å². The first-order valence-electron chi connectivity index (χ1n) is 8.24. The second-order valence-electron chi connectivity index (χ2n) is 6.62. The van der Waals surface area contributed by atoms with Crippen molar-refractivity contribution in [2.75, 3.05) is 0 Å². The van der Waals surface area contributed by atoms with E-state index in [4.69, 9.17) is 0 Å². The Morgan fingerprint density at radius 1 is 1.10 bits per heavy atom. The van der Waals surface area contributed by atoms with E-state index in [1.54, 1.807) is 0 Å². The van der Waals surface area contributed by atoms with Crippen molar-refractivity contribution in [3.05, 3.63) is 0 Å². The van der Waals surface area contributed by atoms with E-state index < -0.39 is 23.9 Å². The summed E-state index contributed by atoms with van der Waals surface area (Å²) in [7, 11) is 0. The van der Waals surface area contributed by atoms with Crippen LogP contribution in [0.4, 0.5) is 0 Å². The van der Waals surface area contributed by atoms with Crippen LogP contribution in [-0.4, -0.2) is 34.2 Å². The summed E-state index contributed by atoms with van der Waals surface area (Å²) in [6, 6.07) is -0.213. The van der Waals surface area contributed by atoms with E-state index in [-0.39, 0.29) is 11.9 Å². The number of hydrogen-bond acceptors (Lipinski definition) is 3. The molecular weight excluding hydrogens is 270 g/mol. The zero-order valence-electron chi connectivity index (χ0n) is 12.8. The Labute approximate surface area is 126 Å². The normalized spacial score (nSPS) is 37.0. The molecule has 0 aromatic carbocycles. The van der Waals surface area contributed by atoms with Gasteiger partial charge < -0.3 is 15.5 Å². The molecule has 0 aromatic heterocycles. The molecule has 0 spiro atoms. The van der Waals surface area contributed by atoms with Gasteiger partial charge in [-0.05, 0) is 31.6 Å². The maximum absolute atomic E-state index is 12.5. The maximum atomic E-state index is 12.5. The standard InChI is InChI=1S/C16H27NO4/c1-2-10-8-11(12(9-10)16(20)21)15(19)17-13-6-4-3-5-7-14(13)18/h10-14,18H,2-9H2,1H3,(H,17,19)(H,20,21). The van der Waals surface area contributed by atoms with Gasteiger partial charge in [0.1, 0.15) is 0 Å². The summed E-state index contributed by atoms with van der Waals surface area (Å²) in [4.78, 5) is 23.8. The Morgan fingerprint density at radius 3 is 2.43 bits per heavy atom. The minimum atomic E-state index is -0.868. The molecule has 0 saturated heterocycles. The molecule has 0 bridgehead atoms. The molecule has 120 valence electrons. The fraction of sp³-hybridized carbons (Fsp3) is 0.875. The fourth-order valence-electron chi connectivity index (χ4n) is 3.79. The number of aliphatic hydroxyl groups excluding tert-OH is 1. The van der Waals surface area contributed by atoms with Crippen molar-refractivity contribution in [1.82, 2.24) is 5.32 Å². The van der Waals surface area contributed by atoms with Crippen LogP contribution in [0.25, 0.3) is 0 Å². The number of carboxylic acid groups (broad SMARTS) is 1. The lowest BCUT2D eigenvalue weighted by Crippen LogP contribution is -2.46. The molecule has 2 aliphatic carbocycles. The molecule has 21 heavy (non-hydrogen) atoms. The molecule has 5 heteroatoms. The highest BCUT2D eigenvalue weighted by Crippen LogP contribution is 2.38. The third-order valence-corrected chi connectivity index (χ3v) is 5.20. The molecule has 0 radical (unpaired) electrons. The summed E-state index contributed by atoms with van der Waals surface area (Å²) in [5.74, 6) is -1.74. The number of carbonyl (C=O) groups is 2. The number of aliphatic hydroxyl groups is 1. The third-order valence-electron chi connectivity index (χ3n) is 5.20. The van der Waals surface area contributed by atoms with Crippen LogP contribution in [0.1, 0.15) is 58.3 Å². The highest BCUT2D eigenvalue weighted by molar-refractivity contribution is 5.85. The van der Waals surface area contributed by atoms with Crippen LogP contribution in [0, 0.1) is 17.8 Å². The SMILES string of the molecule is CCC1CC(C(=O)O)C(C(=O)NC2CCCCCC2O)C1. The molecular formula is C16H27NO4. The Morgan fingerprint density at radius 2 is 1.76 bits per heavy atom. The summed E-state index contributed by atoms with van der Waals surface area (Å²) >= 11 is 0. The molecule has 2 saturated carbocycles. The number of nitrogens with one attached hydrogen (secondary N) is 1. The lowest BCUT2D eigenvalue weighted by Gasteiger charge is -2.24. The van der Waals surface area contributed by atoms with Gasteiger partial charge in [-0.2, -0.15) is 0 Å². The molecule has 5 nitrogen and oxygen atoms in total. The first-order chi connectivity index (χ1) is 10.0. The maximum Gasteiger partial charge on any atom is 0.307 e. The van der Waals surface area contributed by atoms with Crippen molar-refractivity contribution in [2.24, 2.45) is 17.8 Å². The third kappa shape index (κ3) is 3.96. The minimum Gasteiger partial charge on any atom is -0.481 e. The van der Waals surface area contributed by atoms with E-state index in [1.807, 2.05) is 6.92 Å². The quantitative estimate of drug-likeness (QED) is 0.692. The Kier molecular flexibility index (Phi) is 5.62. The van der Waals surface area contributed by atoms with Crippen LogP contribution in [0.3, 0.4) is 0 Å². The number of rotatable bonds is 4. The van der Waals surface area contributed by atoms with Gasteiger partial charge >= 0.3 is 5.97 Å². The van der Waals surface area contributed by atoms with E-state index in [0.717, 1.165) is 38.5 Å². The lowest BCUT2D eigenvalue weighted by atomic mass is 9.94. The number of amides is 1. The summed E-state index contributed by atoms with van der Waals surface area (Å²) < 4.78 is 0. The molecule has 5 unspecified atom stereocenters. The van der Waals surface area contributed by atoms with Crippen molar-refractivity contribution in [3.8, 4) is 0 Å². The van der Waals surface area contributed by atoms with E-state index in [0.29, 0.717) is 18.8 Å². The van der Waals surface area contributed by atoms with Crippen LogP contribution < -0.4 is 5.32 Å². The van der Waals surface area contributed by atoms with Crippen molar-refractivity contribution in [2.45, 2.75) is 70.4 Å². The van der Waals surface area contributed by atoms with E-state index >= 15 is 0 Å². The average Bonchev–Trinajstić information content (AvgIpc) is 2.80. The van der Waals surface area contributed by atoms with Gasteiger partial charge in [-0.25, -0.2) is 0 Å². The van der Waals surface area contributed by atoms with Gasteiger partial charge in [0, 0.05) is 0 Å². The Bertz CT molecular complexity index is 384. The number of hydrogen-bond donors (Lipinski definition) is 3. The number of carboxylic acids is 1. The largest absolute Gasteiger partial charge is 0.481 e. The first kappa shape index (κ1) is 16.3. The molecule has 2 aliphatic rings. The molecule has 0 heterocycles. The van der Waals surface area contributed by atoms with Gasteiger partial charge in [-0.3, -0.25) is 9.59 Å². The minimum absolute atomic E-state index is 0.177. The van der Waals surface area contributed by atoms with Gasteiger partial charge in [-0.1, -0.05) is 32.6 Å². The molecule has 0 aromatic rings. The van der Waals surface area contributed by atoms with Gasteiger partial charge in [0.05, 0.1) is 24.0 Å². The Hall–Kier alpha value is -1.10. The van der Waals surface area contributed by atoms with E-state index in [9.17, 15) is 19.8 Å². The van der Waals surface area contributed by atoms with Gasteiger partial charge in [0.15, 0.2) is 0 Å². The van der Waals surface area contributed by atoms with Crippen LogP contribution in [0.15, 0.2) is 0 Å². The van der Waals surface area contributed by atoms with E-state index in [1.165, 1.54) is 0 Å². The van der Waals surface area contributed by atoms with Gasteiger partial charge in [-0.15, -0.1) is 0 Å². The molecule has 5 atom stereocenters. The van der Waals surface area contributed by atoms with Crippen molar-refractivity contribution >= 4 is 11.9 Å². The smallest absolute Gasteiger partial charge is 0.307 e. The molecule has 0 aliphatic heterocycles. The number of aliphatic carboxylic acids is 1. The zero-order valence-corrected chi connectivity index (χ0v) is 12.8. The molecule has 2 fully saturated rings. The molecule has 3 N–H and O–H groups in total. The topological polar surface area (TPSA) is 86.6 Å². The fourth-order valence-corrected chi connectivity index (χ4v) is 3.79. The predicted molar refractivity (Wildman–Crippen MR) is 78.7 cm³/mol. The highest BCUT2D eigenvalue weighted by Gasteiger charge is 2.42.